The predicted molar refractivity (Wildman–Crippen MR) is 63.6 cm³/mol. The fourth-order valence-corrected chi connectivity index (χ4v) is 2.58. The number of hydrogen-bond donors (Lipinski definition) is 1. The first-order valence-electron chi connectivity index (χ1n) is 6.36. The van der Waals surface area contributed by atoms with Crippen LogP contribution in [-0.2, 0) is 14.2 Å². The molecule has 1 N–H and O–H groups in total. The summed E-state index contributed by atoms with van der Waals surface area (Å²) in [4.78, 5) is 0. The number of aliphatic hydroxyl groups excluding tert-OH is 1. The van der Waals surface area contributed by atoms with Crippen molar-refractivity contribution in [3.05, 3.63) is 0 Å². The minimum atomic E-state index is -0.587. The van der Waals surface area contributed by atoms with Crippen molar-refractivity contribution < 1.29 is 19.3 Å². The summed E-state index contributed by atoms with van der Waals surface area (Å²) in [6.45, 7) is 10.5. The molecule has 100 valence electrons. The van der Waals surface area contributed by atoms with Crippen molar-refractivity contribution in [2.24, 2.45) is 5.92 Å². The quantitative estimate of drug-likeness (QED) is 0.803. The van der Waals surface area contributed by atoms with Crippen LogP contribution in [0.5, 0.6) is 0 Å². The second-order valence-electron chi connectivity index (χ2n) is 6.55. The topological polar surface area (TPSA) is 47.9 Å². The third-order valence-corrected chi connectivity index (χ3v) is 3.28. The summed E-state index contributed by atoms with van der Waals surface area (Å²) in [5, 5.41) is 9.97. The molecule has 1 saturated carbocycles. The highest BCUT2D eigenvalue weighted by molar-refractivity contribution is 4.98. The average Bonchev–Trinajstić information content (AvgIpc) is 2.58. The van der Waals surface area contributed by atoms with E-state index in [9.17, 15) is 5.11 Å². The van der Waals surface area contributed by atoms with Crippen LogP contribution in [0.4, 0.5) is 0 Å². The van der Waals surface area contributed by atoms with Crippen LogP contribution in [0.2, 0.25) is 0 Å². The predicted octanol–water partition coefficient (Wildman–Crippen LogP) is 1.70. The van der Waals surface area contributed by atoms with Crippen molar-refractivity contribution >= 4 is 0 Å². The summed E-state index contributed by atoms with van der Waals surface area (Å²) in [5.74, 6) is -0.368. The molecule has 17 heavy (non-hydrogen) atoms. The fourth-order valence-electron chi connectivity index (χ4n) is 2.58. The lowest BCUT2D eigenvalue weighted by molar-refractivity contribution is -0.170. The Morgan fingerprint density at radius 2 is 1.82 bits per heavy atom. The minimum absolute atomic E-state index is 0.0395. The summed E-state index contributed by atoms with van der Waals surface area (Å²) in [7, 11) is 0. The van der Waals surface area contributed by atoms with Gasteiger partial charge in [0.2, 0.25) is 0 Å². The number of hydrogen-bond acceptors (Lipinski definition) is 4. The van der Waals surface area contributed by atoms with E-state index in [1.54, 1.807) is 0 Å². The molecule has 0 aromatic carbocycles. The molecule has 4 nitrogen and oxygen atoms in total. The van der Waals surface area contributed by atoms with E-state index in [0.717, 1.165) is 0 Å². The fraction of sp³-hybridized carbons (Fsp3) is 1.00. The first kappa shape index (κ1) is 13.3. The van der Waals surface area contributed by atoms with E-state index < -0.39 is 11.9 Å². The highest BCUT2D eigenvalue weighted by Gasteiger charge is 2.53. The zero-order valence-corrected chi connectivity index (χ0v) is 11.4. The van der Waals surface area contributed by atoms with Gasteiger partial charge in [-0.15, -0.1) is 0 Å². The van der Waals surface area contributed by atoms with E-state index >= 15 is 0 Å². The molecular weight excluding hydrogens is 220 g/mol. The molecule has 0 aromatic rings. The van der Waals surface area contributed by atoms with Crippen LogP contribution >= 0.6 is 0 Å². The van der Waals surface area contributed by atoms with E-state index in [-0.39, 0.29) is 23.7 Å². The standard InChI is InChI=1S/C13H24O4/c1-12(2,3)15-7-8-6-9(14)11-10(8)16-13(4,5)17-11/h8-11,14H,6-7H2,1-5H3/t8-,9-,10+,11?/m1/s1. The van der Waals surface area contributed by atoms with Crippen molar-refractivity contribution in [1.29, 1.82) is 0 Å². The first-order chi connectivity index (χ1) is 7.68. The molecule has 1 aliphatic carbocycles. The van der Waals surface area contributed by atoms with Gasteiger partial charge >= 0.3 is 0 Å². The van der Waals surface area contributed by atoms with Crippen molar-refractivity contribution in [1.82, 2.24) is 0 Å². The van der Waals surface area contributed by atoms with Gasteiger partial charge in [0.1, 0.15) is 6.10 Å². The smallest absolute Gasteiger partial charge is 0.163 e. The molecule has 1 saturated heterocycles. The molecule has 0 spiro atoms. The Morgan fingerprint density at radius 1 is 1.24 bits per heavy atom. The molecule has 2 fully saturated rings. The Morgan fingerprint density at radius 3 is 2.41 bits per heavy atom. The molecule has 0 bridgehead atoms. The highest BCUT2D eigenvalue weighted by atomic mass is 16.8. The number of fused-ring (bicyclic) bond motifs is 1. The molecular formula is C13H24O4. The Hall–Kier alpha value is -0.160. The molecule has 0 amide bonds. The summed E-state index contributed by atoms with van der Waals surface area (Å²) in [6, 6.07) is 0. The second-order valence-corrected chi connectivity index (χ2v) is 6.55. The van der Waals surface area contributed by atoms with Gasteiger partial charge in [-0.1, -0.05) is 0 Å². The normalized spacial score (nSPS) is 40.6. The van der Waals surface area contributed by atoms with Gasteiger partial charge in [-0.3, -0.25) is 0 Å². The van der Waals surface area contributed by atoms with Crippen LogP contribution in [0, 0.1) is 5.92 Å². The lowest BCUT2D eigenvalue weighted by Crippen LogP contribution is -2.31. The molecule has 0 aromatic heterocycles. The van der Waals surface area contributed by atoms with Crippen molar-refractivity contribution in [2.45, 2.75) is 70.7 Å². The minimum Gasteiger partial charge on any atom is -0.390 e. The Labute approximate surface area is 103 Å². The van der Waals surface area contributed by atoms with E-state index in [4.69, 9.17) is 14.2 Å². The Bertz CT molecular complexity index is 282. The van der Waals surface area contributed by atoms with Gasteiger partial charge in [0.15, 0.2) is 5.79 Å². The van der Waals surface area contributed by atoms with E-state index in [2.05, 4.69) is 0 Å². The van der Waals surface area contributed by atoms with Crippen LogP contribution in [0.15, 0.2) is 0 Å². The highest BCUT2D eigenvalue weighted by Crippen LogP contribution is 2.41. The van der Waals surface area contributed by atoms with Crippen LogP contribution in [-0.4, -0.2) is 41.4 Å². The molecule has 1 heterocycles. The maximum atomic E-state index is 9.97. The molecule has 4 atom stereocenters. The van der Waals surface area contributed by atoms with Gasteiger partial charge in [0.05, 0.1) is 24.4 Å². The number of aliphatic hydroxyl groups is 1. The largest absolute Gasteiger partial charge is 0.390 e. The zero-order valence-electron chi connectivity index (χ0n) is 11.4. The molecule has 1 unspecified atom stereocenters. The molecule has 1 aliphatic heterocycles. The van der Waals surface area contributed by atoms with Gasteiger partial charge in [-0.2, -0.15) is 0 Å². The summed E-state index contributed by atoms with van der Waals surface area (Å²) in [5.41, 5.74) is -0.155. The van der Waals surface area contributed by atoms with Gasteiger partial charge < -0.3 is 19.3 Å². The third-order valence-electron chi connectivity index (χ3n) is 3.28. The van der Waals surface area contributed by atoms with Crippen molar-refractivity contribution in [3.63, 3.8) is 0 Å². The van der Waals surface area contributed by atoms with Gasteiger partial charge in [0, 0.05) is 5.92 Å². The van der Waals surface area contributed by atoms with E-state index in [1.165, 1.54) is 0 Å². The van der Waals surface area contributed by atoms with Crippen LogP contribution in [0.3, 0.4) is 0 Å². The summed E-state index contributed by atoms with van der Waals surface area (Å²) >= 11 is 0. The van der Waals surface area contributed by atoms with E-state index in [0.29, 0.717) is 13.0 Å². The number of ether oxygens (including phenoxy) is 3. The maximum absolute atomic E-state index is 9.97. The summed E-state index contributed by atoms with van der Waals surface area (Å²) in [6.07, 6.45) is 0.0258. The van der Waals surface area contributed by atoms with Crippen LogP contribution in [0.25, 0.3) is 0 Å². The van der Waals surface area contributed by atoms with Crippen molar-refractivity contribution in [3.8, 4) is 0 Å². The molecule has 4 heteroatoms. The van der Waals surface area contributed by atoms with Gasteiger partial charge in [-0.25, -0.2) is 0 Å². The monoisotopic (exact) mass is 244 g/mol. The zero-order chi connectivity index (χ0) is 12.8. The SMILES string of the molecule is CC(C)(C)OC[C@H]1C[C@@H](O)C2OC(C)(C)O[C@H]21. The van der Waals surface area contributed by atoms with Crippen LogP contribution in [0.1, 0.15) is 41.0 Å². The van der Waals surface area contributed by atoms with E-state index in [1.807, 2.05) is 34.6 Å². The first-order valence-corrected chi connectivity index (χ1v) is 6.36. The lowest BCUT2D eigenvalue weighted by Gasteiger charge is -2.26. The maximum Gasteiger partial charge on any atom is 0.163 e. The molecule has 2 aliphatic rings. The third kappa shape index (κ3) is 2.99. The average molecular weight is 244 g/mol. The lowest BCUT2D eigenvalue weighted by atomic mass is 10.1. The Balaban J connectivity index is 1.97. The van der Waals surface area contributed by atoms with Gasteiger partial charge in [0.25, 0.3) is 0 Å². The Kier molecular flexibility index (Phi) is 3.28. The summed E-state index contributed by atoms with van der Waals surface area (Å²) < 4.78 is 17.4. The van der Waals surface area contributed by atoms with Gasteiger partial charge in [-0.05, 0) is 41.0 Å². The van der Waals surface area contributed by atoms with Crippen LogP contribution < -0.4 is 0 Å². The van der Waals surface area contributed by atoms with Crippen molar-refractivity contribution in [2.75, 3.05) is 6.61 Å². The molecule has 0 radical (unpaired) electrons. The number of rotatable bonds is 2. The second kappa shape index (κ2) is 4.19. The molecule has 2 rings (SSSR count).